The number of hydrogen-bond donors (Lipinski definition) is 2. The summed E-state index contributed by atoms with van der Waals surface area (Å²) in [6, 6.07) is 13.6. The van der Waals surface area contributed by atoms with Gasteiger partial charge in [0.15, 0.2) is 0 Å². The molecule has 1 saturated heterocycles. The predicted octanol–water partition coefficient (Wildman–Crippen LogP) is 2.49. The molecule has 2 N–H and O–H groups in total. The molecule has 0 spiro atoms. The van der Waals surface area contributed by atoms with Crippen molar-refractivity contribution in [1.82, 2.24) is 5.32 Å². The highest BCUT2D eigenvalue weighted by atomic mass is 19.1. The second-order valence-corrected chi connectivity index (χ2v) is 5.19. The van der Waals surface area contributed by atoms with Gasteiger partial charge < -0.3 is 15.5 Å². The monoisotopic (exact) mass is 299 g/mol. The number of piperazine rings is 1. The van der Waals surface area contributed by atoms with Crippen molar-refractivity contribution in [3.05, 3.63) is 59.9 Å². The number of carbonyl (C=O) groups excluding carboxylic acids is 1. The Hall–Kier alpha value is -2.40. The molecule has 2 aromatic rings. The van der Waals surface area contributed by atoms with E-state index in [9.17, 15) is 9.18 Å². The van der Waals surface area contributed by atoms with Crippen LogP contribution in [-0.4, -0.2) is 32.1 Å². The molecule has 1 amide bonds. The summed E-state index contributed by atoms with van der Waals surface area (Å²) >= 11 is 0. The summed E-state index contributed by atoms with van der Waals surface area (Å²) < 4.78 is 13.7. The lowest BCUT2D eigenvalue weighted by Crippen LogP contribution is -2.44. The summed E-state index contributed by atoms with van der Waals surface area (Å²) in [6.07, 6.45) is 0. The van der Waals surface area contributed by atoms with Crippen LogP contribution in [0.25, 0.3) is 0 Å². The van der Waals surface area contributed by atoms with E-state index in [4.69, 9.17) is 0 Å². The fourth-order valence-electron chi connectivity index (χ4n) is 2.60. The fraction of sp³-hybridized carbons (Fsp3) is 0.235. The van der Waals surface area contributed by atoms with Gasteiger partial charge in [0, 0.05) is 31.9 Å². The minimum absolute atomic E-state index is 0.197. The second-order valence-electron chi connectivity index (χ2n) is 5.19. The molecule has 3 rings (SSSR count). The molecule has 0 bridgehead atoms. The maximum atomic E-state index is 13.7. The fourth-order valence-corrected chi connectivity index (χ4v) is 2.60. The van der Waals surface area contributed by atoms with Crippen molar-refractivity contribution >= 4 is 17.3 Å². The number of nitrogens with zero attached hydrogens (tertiary/aromatic N) is 1. The minimum atomic E-state index is -0.435. The normalized spacial score (nSPS) is 14.7. The molecule has 0 saturated carbocycles. The van der Waals surface area contributed by atoms with Gasteiger partial charge in [-0.05, 0) is 24.3 Å². The Morgan fingerprint density at radius 3 is 2.50 bits per heavy atom. The zero-order valence-corrected chi connectivity index (χ0v) is 12.2. The molecule has 1 aliphatic rings. The molecule has 4 nitrogen and oxygen atoms in total. The first kappa shape index (κ1) is 14.5. The number of rotatable bonds is 3. The van der Waals surface area contributed by atoms with Crippen LogP contribution in [0.1, 0.15) is 10.4 Å². The molecule has 0 radical (unpaired) electrons. The van der Waals surface area contributed by atoms with Gasteiger partial charge in [0.2, 0.25) is 0 Å². The molecule has 0 atom stereocenters. The summed E-state index contributed by atoms with van der Waals surface area (Å²) in [6.45, 7) is 3.49. The lowest BCUT2D eigenvalue weighted by molar-refractivity contribution is 0.102. The molecule has 114 valence electrons. The van der Waals surface area contributed by atoms with Crippen LogP contribution in [0, 0.1) is 5.82 Å². The summed E-state index contributed by atoms with van der Waals surface area (Å²) in [5.74, 6) is -0.727. The Morgan fingerprint density at radius 2 is 1.73 bits per heavy atom. The van der Waals surface area contributed by atoms with Crippen molar-refractivity contribution in [2.45, 2.75) is 0 Å². The van der Waals surface area contributed by atoms with Gasteiger partial charge in [0.25, 0.3) is 5.91 Å². The number of para-hydroxylation sites is 2. The van der Waals surface area contributed by atoms with Gasteiger partial charge in [-0.25, -0.2) is 4.39 Å². The third kappa shape index (κ3) is 3.09. The first-order valence-corrected chi connectivity index (χ1v) is 7.36. The summed E-state index contributed by atoms with van der Waals surface area (Å²) in [5, 5.41) is 5.94. The van der Waals surface area contributed by atoms with Crippen molar-refractivity contribution in [3.63, 3.8) is 0 Å². The molecule has 1 heterocycles. The van der Waals surface area contributed by atoms with Crippen molar-refractivity contribution in [2.75, 3.05) is 36.4 Å². The highest BCUT2D eigenvalue weighted by molar-refractivity contribution is 6.08. The summed E-state index contributed by atoms with van der Waals surface area (Å²) in [5.41, 5.74) is 1.65. The maximum absolute atomic E-state index is 13.7. The van der Waals surface area contributed by atoms with E-state index in [0.29, 0.717) is 5.56 Å². The van der Waals surface area contributed by atoms with E-state index >= 15 is 0 Å². The molecule has 1 fully saturated rings. The van der Waals surface area contributed by atoms with E-state index in [1.54, 1.807) is 24.3 Å². The first-order chi connectivity index (χ1) is 10.8. The number of anilines is 2. The van der Waals surface area contributed by atoms with E-state index in [-0.39, 0.29) is 11.6 Å². The molecule has 0 aliphatic carbocycles. The molecular weight excluding hydrogens is 281 g/mol. The minimum Gasteiger partial charge on any atom is -0.368 e. The zero-order valence-electron chi connectivity index (χ0n) is 12.2. The summed E-state index contributed by atoms with van der Waals surface area (Å²) in [4.78, 5) is 14.7. The number of amides is 1. The van der Waals surface area contributed by atoms with Crippen LogP contribution >= 0.6 is 0 Å². The molecule has 2 aromatic carbocycles. The van der Waals surface area contributed by atoms with Crippen molar-refractivity contribution in [1.29, 1.82) is 0 Å². The Morgan fingerprint density at radius 1 is 1.05 bits per heavy atom. The van der Waals surface area contributed by atoms with E-state index in [2.05, 4.69) is 15.5 Å². The molecule has 0 unspecified atom stereocenters. The number of hydrogen-bond acceptors (Lipinski definition) is 3. The first-order valence-electron chi connectivity index (χ1n) is 7.36. The Labute approximate surface area is 128 Å². The highest BCUT2D eigenvalue weighted by Gasteiger charge is 2.18. The highest BCUT2D eigenvalue weighted by Crippen LogP contribution is 2.22. The third-order valence-corrected chi connectivity index (χ3v) is 3.73. The van der Waals surface area contributed by atoms with Crippen LogP contribution in [0.15, 0.2) is 48.5 Å². The topological polar surface area (TPSA) is 44.4 Å². The van der Waals surface area contributed by atoms with Crippen LogP contribution in [-0.2, 0) is 0 Å². The van der Waals surface area contributed by atoms with Crippen LogP contribution in [0.2, 0.25) is 0 Å². The van der Waals surface area contributed by atoms with Crippen LogP contribution in [0.3, 0.4) is 0 Å². The molecule has 5 heteroatoms. The van der Waals surface area contributed by atoms with E-state index in [1.165, 1.54) is 6.07 Å². The SMILES string of the molecule is O=C(Nc1ccccc1F)c1ccccc1N1CCNCC1. The standard InChI is InChI=1S/C17H18FN3O/c18-14-6-2-3-7-15(14)20-17(22)13-5-1-4-8-16(13)21-11-9-19-10-12-21/h1-8,19H,9-12H2,(H,20,22). The number of nitrogens with one attached hydrogen (secondary N) is 2. The largest absolute Gasteiger partial charge is 0.368 e. The molecule has 0 aromatic heterocycles. The van der Waals surface area contributed by atoms with Gasteiger partial charge in [-0.3, -0.25) is 4.79 Å². The van der Waals surface area contributed by atoms with E-state index < -0.39 is 5.82 Å². The van der Waals surface area contributed by atoms with E-state index in [1.807, 2.05) is 18.2 Å². The van der Waals surface area contributed by atoms with Crippen molar-refractivity contribution in [3.8, 4) is 0 Å². The quantitative estimate of drug-likeness (QED) is 0.915. The molecule has 22 heavy (non-hydrogen) atoms. The van der Waals surface area contributed by atoms with Crippen molar-refractivity contribution < 1.29 is 9.18 Å². The van der Waals surface area contributed by atoms with Crippen LogP contribution < -0.4 is 15.5 Å². The molecular formula is C17H18FN3O. The van der Waals surface area contributed by atoms with Gasteiger partial charge in [0.05, 0.1) is 11.3 Å². The summed E-state index contributed by atoms with van der Waals surface area (Å²) in [7, 11) is 0. The number of benzene rings is 2. The zero-order chi connectivity index (χ0) is 15.4. The van der Waals surface area contributed by atoms with Gasteiger partial charge >= 0.3 is 0 Å². The smallest absolute Gasteiger partial charge is 0.257 e. The maximum Gasteiger partial charge on any atom is 0.257 e. The van der Waals surface area contributed by atoms with Gasteiger partial charge in [-0.2, -0.15) is 0 Å². The molecule has 1 aliphatic heterocycles. The number of halogens is 1. The second kappa shape index (κ2) is 6.58. The third-order valence-electron chi connectivity index (χ3n) is 3.73. The lowest BCUT2D eigenvalue weighted by atomic mass is 10.1. The van der Waals surface area contributed by atoms with Gasteiger partial charge in [-0.1, -0.05) is 24.3 Å². The Balaban J connectivity index is 1.85. The van der Waals surface area contributed by atoms with Gasteiger partial charge in [-0.15, -0.1) is 0 Å². The van der Waals surface area contributed by atoms with Crippen LogP contribution in [0.4, 0.5) is 15.8 Å². The van der Waals surface area contributed by atoms with Gasteiger partial charge in [0.1, 0.15) is 5.82 Å². The Bertz CT molecular complexity index is 668. The van der Waals surface area contributed by atoms with E-state index in [0.717, 1.165) is 31.9 Å². The van der Waals surface area contributed by atoms with Crippen LogP contribution in [0.5, 0.6) is 0 Å². The average Bonchev–Trinajstić information content (AvgIpc) is 2.58. The van der Waals surface area contributed by atoms with Crippen molar-refractivity contribution in [2.24, 2.45) is 0 Å². The Kier molecular flexibility index (Phi) is 4.34. The lowest BCUT2D eigenvalue weighted by Gasteiger charge is -2.30. The predicted molar refractivity (Wildman–Crippen MR) is 85.9 cm³/mol. The number of carbonyl (C=O) groups is 1. The average molecular weight is 299 g/mol.